The number of allylic oxidation sites excluding steroid dienone is 2. The number of esters is 1. The van der Waals surface area contributed by atoms with E-state index in [2.05, 4.69) is 17.7 Å². The molecule has 1 heterocycles. The van der Waals surface area contributed by atoms with E-state index in [1.165, 1.54) is 7.11 Å². The molecule has 1 aliphatic heterocycles. The van der Waals surface area contributed by atoms with Gasteiger partial charge in [0.1, 0.15) is 0 Å². The average Bonchev–Trinajstić information content (AvgIpc) is 3.02. The van der Waals surface area contributed by atoms with Crippen LogP contribution in [0.2, 0.25) is 0 Å². The lowest BCUT2D eigenvalue weighted by Crippen LogP contribution is -2.39. The van der Waals surface area contributed by atoms with Gasteiger partial charge in [-0.3, -0.25) is 4.79 Å². The number of carbonyl (C=O) groups is 1. The van der Waals surface area contributed by atoms with Crippen molar-refractivity contribution in [3.63, 3.8) is 0 Å². The molecule has 2 fully saturated rings. The van der Waals surface area contributed by atoms with Gasteiger partial charge in [-0.1, -0.05) is 38.0 Å². The van der Waals surface area contributed by atoms with Gasteiger partial charge in [0.25, 0.3) is 0 Å². The minimum atomic E-state index is -0.699. The molecular formula is C24H40O6. The molecule has 2 rings (SSSR count). The third-order valence-corrected chi connectivity index (χ3v) is 6.15. The Morgan fingerprint density at radius 2 is 1.90 bits per heavy atom. The highest BCUT2D eigenvalue weighted by Crippen LogP contribution is 2.38. The molecule has 4 atom stereocenters. The SMILES string of the molecule is CCCCCC1(/C=C/[C@@H]2[C@@H](C/C=C\CCCC(=O)OC)[C@@H](O)C[C@H]2O)OCCCO1. The van der Waals surface area contributed by atoms with Crippen LogP contribution in [0.15, 0.2) is 24.3 Å². The number of hydrogen-bond acceptors (Lipinski definition) is 6. The number of methoxy groups -OCH3 is 1. The maximum atomic E-state index is 11.2. The summed E-state index contributed by atoms with van der Waals surface area (Å²) in [7, 11) is 1.40. The van der Waals surface area contributed by atoms with Gasteiger partial charge in [-0.15, -0.1) is 0 Å². The Balaban J connectivity index is 1.94. The van der Waals surface area contributed by atoms with Crippen LogP contribution in [0, 0.1) is 11.8 Å². The lowest BCUT2D eigenvalue weighted by molar-refractivity contribution is -0.240. The van der Waals surface area contributed by atoms with Crippen molar-refractivity contribution in [3.05, 3.63) is 24.3 Å². The van der Waals surface area contributed by atoms with Gasteiger partial charge in [0.05, 0.1) is 32.5 Å². The molecule has 2 N–H and O–H groups in total. The summed E-state index contributed by atoms with van der Waals surface area (Å²) in [6, 6.07) is 0. The van der Waals surface area contributed by atoms with Crippen molar-refractivity contribution in [1.82, 2.24) is 0 Å². The van der Waals surface area contributed by atoms with Crippen LogP contribution in [-0.4, -0.2) is 54.5 Å². The van der Waals surface area contributed by atoms with E-state index in [1.54, 1.807) is 0 Å². The fraction of sp³-hybridized carbons (Fsp3) is 0.792. The highest BCUT2D eigenvalue weighted by Gasteiger charge is 2.40. The Bertz CT molecular complexity index is 552. The zero-order valence-corrected chi connectivity index (χ0v) is 18.6. The van der Waals surface area contributed by atoms with Crippen molar-refractivity contribution in [2.75, 3.05) is 20.3 Å². The molecule has 2 aliphatic rings. The average molecular weight is 425 g/mol. The van der Waals surface area contributed by atoms with Crippen molar-refractivity contribution in [3.8, 4) is 0 Å². The standard InChI is InChI=1S/C24H40O6/c1-3-4-9-14-24(29-16-10-17-30-24)15-13-20-19(21(25)18-22(20)26)11-7-5-6-8-12-23(27)28-2/h5,7,13,15,19-22,25-26H,3-4,6,8-12,14,16-18H2,1-2H3/b7-5-,15-13+/t19-,20-,21+,22-/m1/s1. The molecule has 1 aliphatic carbocycles. The molecule has 6 heteroatoms. The zero-order valence-electron chi connectivity index (χ0n) is 18.6. The highest BCUT2D eigenvalue weighted by atomic mass is 16.7. The van der Waals surface area contributed by atoms with E-state index in [0.29, 0.717) is 32.5 Å². The predicted molar refractivity (Wildman–Crippen MR) is 116 cm³/mol. The van der Waals surface area contributed by atoms with E-state index < -0.39 is 18.0 Å². The summed E-state index contributed by atoms with van der Waals surface area (Å²) in [6.45, 7) is 3.54. The van der Waals surface area contributed by atoms with E-state index >= 15 is 0 Å². The Morgan fingerprint density at radius 1 is 1.13 bits per heavy atom. The van der Waals surface area contributed by atoms with Crippen molar-refractivity contribution < 1.29 is 29.2 Å². The van der Waals surface area contributed by atoms with Crippen LogP contribution in [0.3, 0.4) is 0 Å². The first-order valence-corrected chi connectivity index (χ1v) is 11.6. The summed E-state index contributed by atoms with van der Waals surface area (Å²) in [5.74, 6) is -1.06. The van der Waals surface area contributed by atoms with Crippen LogP contribution in [0.1, 0.15) is 71.1 Å². The van der Waals surface area contributed by atoms with Crippen molar-refractivity contribution in [2.24, 2.45) is 11.8 Å². The van der Waals surface area contributed by atoms with Crippen LogP contribution >= 0.6 is 0 Å². The molecule has 0 unspecified atom stereocenters. The third kappa shape index (κ3) is 7.80. The number of aliphatic hydroxyl groups is 2. The van der Waals surface area contributed by atoms with Crippen LogP contribution in [0.4, 0.5) is 0 Å². The summed E-state index contributed by atoms with van der Waals surface area (Å²) < 4.78 is 16.7. The van der Waals surface area contributed by atoms with Gasteiger partial charge in [-0.05, 0) is 44.1 Å². The van der Waals surface area contributed by atoms with Crippen LogP contribution < -0.4 is 0 Å². The second kappa shape index (κ2) is 13.3. The first-order chi connectivity index (χ1) is 14.5. The smallest absolute Gasteiger partial charge is 0.305 e. The van der Waals surface area contributed by atoms with Crippen molar-refractivity contribution in [1.29, 1.82) is 0 Å². The second-order valence-corrected chi connectivity index (χ2v) is 8.47. The topological polar surface area (TPSA) is 85.2 Å². The maximum absolute atomic E-state index is 11.2. The van der Waals surface area contributed by atoms with Gasteiger partial charge in [0.15, 0.2) is 5.79 Å². The molecule has 1 saturated heterocycles. The highest BCUT2D eigenvalue weighted by molar-refractivity contribution is 5.69. The third-order valence-electron chi connectivity index (χ3n) is 6.15. The molecule has 0 amide bonds. The Kier molecular flexibility index (Phi) is 11.1. The summed E-state index contributed by atoms with van der Waals surface area (Å²) >= 11 is 0. The predicted octanol–water partition coefficient (Wildman–Crippen LogP) is 3.90. The molecule has 0 bridgehead atoms. The maximum Gasteiger partial charge on any atom is 0.305 e. The lowest BCUT2D eigenvalue weighted by Gasteiger charge is -2.35. The minimum Gasteiger partial charge on any atom is -0.469 e. The molecule has 0 radical (unpaired) electrons. The Hall–Kier alpha value is -1.21. The number of unbranched alkanes of at least 4 members (excludes halogenated alkanes) is 3. The lowest BCUT2D eigenvalue weighted by atomic mass is 9.89. The largest absolute Gasteiger partial charge is 0.469 e. The molecule has 30 heavy (non-hydrogen) atoms. The zero-order chi connectivity index (χ0) is 21.8. The monoisotopic (exact) mass is 424 g/mol. The first-order valence-electron chi connectivity index (χ1n) is 11.6. The minimum absolute atomic E-state index is 0.0376. The molecule has 0 spiro atoms. The van der Waals surface area contributed by atoms with E-state index in [4.69, 9.17) is 9.47 Å². The van der Waals surface area contributed by atoms with Gasteiger partial charge in [-0.2, -0.15) is 0 Å². The summed E-state index contributed by atoms with van der Waals surface area (Å²) in [5, 5.41) is 21.0. The number of ether oxygens (including phenoxy) is 3. The number of carbonyl (C=O) groups excluding carboxylic acids is 1. The quantitative estimate of drug-likeness (QED) is 0.281. The van der Waals surface area contributed by atoms with Gasteiger partial charge >= 0.3 is 5.97 Å². The van der Waals surface area contributed by atoms with Crippen molar-refractivity contribution in [2.45, 2.75) is 89.1 Å². The Morgan fingerprint density at radius 3 is 2.60 bits per heavy atom. The molecule has 0 aromatic rings. The normalized spacial score (nSPS) is 29.1. The molecule has 0 aromatic carbocycles. The fourth-order valence-electron chi connectivity index (χ4n) is 4.34. The van der Waals surface area contributed by atoms with Gasteiger partial charge < -0.3 is 24.4 Å². The van der Waals surface area contributed by atoms with E-state index in [0.717, 1.165) is 44.9 Å². The Labute approximate surface area is 181 Å². The molecule has 6 nitrogen and oxygen atoms in total. The summed E-state index contributed by atoms with van der Waals surface area (Å²) in [5.41, 5.74) is 0. The molecular weight excluding hydrogens is 384 g/mol. The van der Waals surface area contributed by atoms with E-state index in [9.17, 15) is 15.0 Å². The van der Waals surface area contributed by atoms with Gasteiger partial charge in [0, 0.05) is 25.2 Å². The molecule has 1 saturated carbocycles. The first kappa shape index (κ1) is 25.1. The molecule has 172 valence electrons. The second-order valence-electron chi connectivity index (χ2n) is 8.47. The van der Waals surface area contributed by atoms with E-state index in [1.807, 2.05) is 18.2 Å². The van der Waals surface area contributed by atoms with Crippen LogP contribution in [0.5, 0.6) is 0 Å². The van der Waals surface area contributed by atoms with Crippen LogP contribution in [0.25, 0.3) is 0 Å². The van der Waals surface area contributed by atoms with Crippen molar-refractivity contribution >= 4 is 5.97 Å². The molecule has 0 aromatic heterocycles. The van der Waals surface area contributed by atoms with Gasteiger partial charge in [-0.25, -0.2) is 0 Å². The van der Waals surface area contributed by atoms with Gasteiger partial charge in [0.2, 0.25) is 0 Å². The number of aliphatic hydroxyl groups excluding tert-OH is 2. The van der Waals surface area contributed by atoms with E-state index in [-0.39, 0.29) is 17.8 Å². The van der Waals surface area contributed by atoms with Crippen LogP contribution in [-0.2, 0) is 19.0 Å². The summed E-state index contributed by atoms with van der Waals surface area (Å²) in [4.78, 5) is 11.2. The number of rotatable bonds is 12. The summed E-state index contributed by atoms with van der Waals surface area (Å²) in [6.07, 6.45) is 15.1. The number of hydrogen-bond donors (Lipinski definition) is 2. The fourth-order valence-corrected chi connectivity index (χ4v) is 4.34.